The summed E-state index contributed by atoms with van der Waals surface area (Å²) in [5.41, 5.74) is 3.13. The average molecular weight is 426 g/mol. The fraction of sp³-hybridized carbons (Fsp3) is 0.0526. The first-order valence-electron chi connectivity index (χ1n) is 8.37. The van der Waals surface area contributed by atoms with Crippen molar-refractivity contribution in [1.82, 2.24) is 5.01 Å². The molecule has 2 aromatic rings. The standard InChI is InChI=1S/C19H14N4O4S2/c1-12-2-8-15(9-3-12)29(25,26)27-14-6-4-13(5-7-14)10-16-17(20)23-19(22-18(16)24)28-11-21-23/h2-11,20H,1H3/b16-10-,20-17?. The van der Waals surface area contributed by atoms with Gasteiger partial charge in [-0.2, -0.15) is 23.5 Å². The lowest BCUT2D eigenvalue weighted by Crippen LogP contribution is -2.35. The highest BCUT2D eigenvalue weighted by atomic mass is 32.2. The number of benzene rings is 2. The second-order valence-electron chi connectivity index (χ2n) is 6.18. The van der Waals surface area contributed by atoms with Gasteiger partial charge in [0.05, 0.1) is 11.1 Å². The highest BCUT2D eigenvalue weighted by molar-refractivity contribution is 8.25. The van der Waals surface area contributed by atoms with Crippen molar-refractivity contribution in [3.8, 4) is 5.75 Å². The van der Waals surface area contributed by atoms with Crippen LogP contribution < -0.4 is 4.18 Å². The number of thioether (sulfide) groups is 1. The number of rotatable bonds is 4. The quantitative estimate of drug-likeness (QED) is 0.594. The smallest absolute Gasteiger partial charge is 0.339 e. The molecule has 1 N–H and O–H groups in total. The number of carbonyl (C=O) groups is 1. The van der Waals surface area contributed by atoms with Gasteiger partial charge in [0.25, 0.3) is 5.91 Å². The summed E-state index contributed by atoms with van der Waals surface area (Å²) in [6.45, 7) is 1.86. The maximum absolute atomic E-state index is 12.4. The molecule has 0 fully saturated rings. The summed E-state index contributed by atoms with van der Waals surface area (Å²) >= 11 is 1.17. The van der Waals surface area contributed by atoms with Crippen LogP contribution in [0.25, 0.3) is 6.08 Å². The predicted octanol–water partition coefficient (Wildman–Crippen LogP) is 3.01. The van der Waals surface area contributed by atoms with E-state index in [1.54, 1.807) is 24.3 Å². The van der Waals surface area contributed by atoms with Gasteiger partial charge in [0, 0.05) is 0 Å². The van der Waals surface area contributed by atoms with Gasteiger partial charge in [-0.05, 0) is 54.6 Å². The number of fused-ring (bicyclic) bond motifs is 1. The first kappa shape index (κ1) is 19.1. The van der Waals surface area contributed by atoms with Crippen LogP contribution in [-0.4, -0.2) is 35.9 Å². The molecular formula is C19H14N4O4S2. The Morgan fingerprint density at radius 1 is 1.10 bits per heavy atom. The van der Waals surface area contributed by atoms with E-state index in [-0.39, 0.29) is 22.1 Å². The lowest BCUT2D eigenvalue weighted by molar-refractivity contribution is -0.114. The number of nitrogens with zero attached hydrogens (tertiary/aromatic N) is 3. The molecule has 0 saturated carbocycles. The van der Waals surface area contributed by atoms with Crippen LogP contribution in [0.5, 0.6) is 5.75 Å². The van der Waals surface area contributed by atoms with Crippen LogP contribution in [0.4, 0.5) is 0 Å². The van der Waals surface area contributed by atoms with Crippen LogP contribution in [0.1, 0.15) is 11.1 Å². The van der Waals surface area contributed by atoms with Crippen molar-refractivity contribution in [3.05, 3.63) is 65.2 Å². The van der Waals surface area contributed by atoms with Crippen molar-refractivity contribution in [2.75, 3.05) is 0 Å². The number of carbonyl (C=O) groups excluding carboxylic acids is 1. The van der Waals surface area contributed by atoms with Gasteiger partial charge in [0.2, 0.25) is 0 Å². The minimum Gasteiger partial charge on any atom is -0.379 e. The van der Waals surface area contributed by atoms with Crippen molar-refractivity contribution in [1.29, 1.82) is 5.41 Å². The summed E-state index contributed by atoms with van der Waals surface area (Å²) in [4.78, 5) is 16.2. The van der Waals surface area contributed by atoms with E-state index < -0.39 is 16.0 Å². The van der Waals surface area contributed by atoms with Crippen molar-refractivity contribution in [3.63, 3.8) is 0 Å². The zero-order valence-corrected chi connectivity index (χ0v) is 16.7. The van der Waals surface area contributed by atoms with Crippen LogP contribution in [0.15, 0.2) is 69.1 Å². The van der Waals surface area contributed by atoms with E-state index in [1.165, 1.54) is 52.7 Å². The van der Waals surface area contributed by atoms with Crippen molar-refractivity contribution >= 4 is 50.4 Å². The third kappa shape index (κ3) is 3.84. The van der Waals surface area contributed by atoms with E-state index in [4.69, 9.17) is 9.59 Å². The predicted molar refractivity (Wildman–Crippen MR) is 112 cm³/mol. The second-order valence-corrected chi connectivity index (χ2v) is 8.53. The Labute approximate surface area is 171 Å². The summed E-state index contributed by atoms with van der Waals surface area (Å²) in [6, 6.07) is 12.5. The molecule has 0 aromatic heterocycles. The molecule has 0 bridgehead atoms. The molecule has 146 valence electrons. The number of hydrogen-bond donors (Lipinski definition) is 1. The van der Waals surface area contributed by atoms with Gasteiger partial charge in [-0.1, -0.05) is 29.8 Å². The van der Waals surface area contributed by atoms with Crippen molar-refractivity contribution < 1.29 is 17.4 Å². The van der Waals surface area contributed by atoms with E-state index >= 15 is 0 Å². The first-order chi connectivity index (χ1) is 13.8. The summed E-state index contributed by atoms with van der Waals surface area (Å²) in [5.74, 6) is -0.455. The van der Waals surface area contributed by atoms with E-state index in [2.05, 4.69) is 10.1 Å². The second kappa shape index (κ2) is 7.30. The molecule has 0 unspecified atom stereocenters. The van der Waals surface area contributed by atoms with Gasteiger partial charge in [0.1, 0.15) is 10.6 Å². The van der Waals surface area contributed by atoms with Crippen LogP contribution in [0.3, 0.4) is 0 Å². The zero-order valence-electron chi connectivity index (χ0n) is 15.1. The fourth-order valence-electron chi connectivity index (χ4n) is 2.60. The van der Waals surface area contributed by atoms with Gasteiger partial charge in [-0.3, -0.25) is 10.2 Å². The highest BCUT2D eigenvalue weighted by Gasteiger charge is 2.32. The number of amidine groups is 2. The number of amides is 1. The molecule has 29 heavy (non-hydrogen) atoms. The van der Waals surface area contributed by atoms with E-state index in [1.807, 2.05) is 6.92 Å². The van der Waals surface area contributed by atoms with E-state index in [0.717, 1.165) is 5.56 Å². The first-order valence-corrected chi connectivity index (χ1v) is 10.7. The summed E-state index contributed by atoms with van der Waals surface area (Å²) in [5, 5.41) is 13.8. The zero-order chi connectivity index (χ0) is 20.6. The van der Waals surface area contributed by atoms with Gasteiger partial charge in [0.15, 0.2) is 11.0 Å². The lowest BCUT2D eigenvalue weighted by Gasteiger charge is -2.20. The Morgan fingerprint density at radius 3 is 2.48 bits per heavy atom. The SMILES string of the molecule is Cc1ccc(S(=O)(=O)Oc2ccc(/C=C3/C(=N)N4N=CSC4=NC3=O)cc2)cc1. The minimum atomic E-state index is -3.94. The van der Waals surface area contributed by atoms with Crippen molar-refractivity contribution in [2.24, 2.45) is 10.1 Å². The number of aliphatic imine (C=N–C) groups is 1. The summed E-state index contributed by atoms with van der Waals surface area (Å²) < 4.78 is 29.9. The molecule has 8 nitrogen and oxygen atoms in total. The molecule has 2 aliphatic heterocycles. The number of nitrogens with one attached hydrogen (secondary N) is 1. The van der Waals surface area contributed by atoms with Gasteiger partial charge in [-0.15, -0.1) is 0 Å². The molecule has 0 saturated heterocycles. The normalized spacial score (nSPS) is 17.5. The topological polar surface area (TPSA) is 112 Å². The summed E-state index contributed by atoms with van der Waals surface area (Å²) in [7, 11) is -3.94. The molecule has 0 spiro atoms. The van der Waals surface area contributed by atoms with Crippen molar-refractivity contribution in [2.45, 2.75) is 11.8 Å². The van der Waals surface area contributed by atoms with E-state index in [9.17, 15) is 13.2 Å². The largest absolute Gasteiger partial charge is 0.379 e. The molecule has 1 amide bonds. The monoisotopic (exact) mass is 426 g/mol. The number of hydrogen-bond acceptors (Lipinski definition) is 7. The molecular weight excluding hydrogens is 412 g/mol. The Kier molecular flexibility index (Phi) is 4.81. The highest BCUT2D eigenvalue weighted by Crippen LogP contribution is 2.26. The molecule has 10 heteroatoms. The fourth-order valence-corrected chi connectivity index (χ4v) is 4.14. The van der Waals surface area contributed by atoms with Gasteiger partial charge < -0.3 is 4.18 Å². The summed E-state index contributed by atoms with van der Waals surface area (Å²) in [6.07, 6.45) is 1.50. The molecule has 2 heterocycles. The molecule has 2 aromatic carbocycles. The van der Waals surface area contributed by atoms with Crippen LogP contribution >= 0.6 is 11.8 Å². The van der Waals surface area contributed by atoms with E-state index in [0.29, 0.717) is 10.7 Å². The average Bonchev–Trinajstić information content (AvgIpc) is 3.15. The molecule has 2 aliphatic rings. The third-order valence-electron chi connectivity index (χ3n) is 4.10. The Bertz CT molecular complexity index is 1200. The number of hydrazone groups is 1. The third-order valence-corrected chi connectivity index (χ3v) is 6.04. The molecule has 0 aliphatic carbocycles. The Balaban J connectivity index is 1.55. The van der Waals surface area contributed by atoms with Gasteiger partial charge >= 0.3 is 10.1 Å². The number of aryl methyl sites for hydroxylation is 1. The maximum Gasteiger partial charge on any atom is 0.339 e. The maximum atomic E-state index is 12.4. The van der Waals surface area contributed by atoms with Gasteiger partial charge in [-0.25, -0.2) is 0 Å². The minimum absolute atomic E-state index is 0.0632. The molecule has 0 radical (unpaired) electrons. The lowest BCUT2D eigenvalue weighted by atomic mass is 10.1. The van der Waals surface area contributed by atoms with Crippen LogP contribution in [-0.2, 0) is 14.9 Å². The Morgan fingerprint density at radius 2 is 1.79 bits per heavy atom. The molecule has 0 atom stereocenters. The Hall–Kier alpha value is -3.24. The van der Waals surface area contributed by atoms with Crippen LogP contribution in [0.2, 0.25) is 0 Å². The molecule has 4 rings (SSSR count). The van der Waals surface area contributed by atoms with Crippen LogP contribution in [0, 0.1) is 12.3 Å².